The molecule has 2 atom stereocenters. The maximum atomic E-state index is 13.2. The Morgan fingerprint density at radius 1 is 1.16 bits per heavy atom. The van der Waals surface area contributed by atoms with Gasteiger partial charge in [0.25, 0.3) is 0 Å². The van der Waals surface area contributed by atoms with Crippen molar-refractivity contribution >= 4 is 12.0 Å². The lowest BCUT2D eigenvalue weighted by molar-refractivity contribution is -0.117. The number of carbonyl (C=O) groups excluding carboxylic acids is 2. The van der Waals surface area contributed by atoms with E-state index in [4.69, 9.17) is 9.47 Å². The van der Waals surface area contributed by atoms with E-state index in [2.05, 4.69) is 33.0 Å². The van der Waals surface area contributed by atoms with Gasteiger partial charge < -0.3 is 14.8 Å². The highest BCUT2D eigenvalue weighted by Crippen LogP contribution is 2.37. The van der Waals surface area contributed by atoms with Gasteiger partial charge in [-0.2, -0.15) is 0 Å². The van der Waals surface area contributed by atoms with Crippen molar-refractivity contribution in [1.29, 1.82) is 0 Å². The predicted octanol–water partition coefficient (Wildman–Crippen LogP) is 5.28. The highest BCUT2D eigenvalue weighted by molar-refractivity contribution is 5.93. The average molecular weight is 445 g/mol. The molecule has 1 fully saturated rings. The summed E-state index contributed by atoms with van der Waals surface area (Å²) in [5.74, 6) is 0.649. The van der Waals surface area contributed by atoms with E-state index in [-0.39, 0.29) is 24.7 Å². The molecule has 1 heterocycles. The Morgan fingerprint density at radius 3 is 2.38 bits per heavy atom. The van der Waals surface area contributed by atoms with Crippen LogP contribution < -0.4 is 5.32 Å². The minimum absolute atomic E-state index is 0.0731. The second-order valence-corrected chi connectivity index (χ2v) is 9.79. The fraction of sp³-hybridized carbons (Fsp3) is 0.615. The van der Waals surface area contributed by atoms with Gasteiger partial charge in [0, 0.05) is 12.1 Å². The molecule has 1 aromatic rings. The molecule has 0 radical (unpaired) electrons. The highest BCUT2D eigenvalue weighted by atomic mass is 16.6. The van der Waals surface area contributed by atoms with E-state index in [9.17, 15) is 9.59 Å². The number of nitrogens with zero attached hydrogens (tertiary/aromatic N) is 1. The van der Waals surface area contributed by atoms with Gasteiger partial charge in [-0.25, -0.2) is 4.79 Å². The Kier molecular flexibility index (Phi) is 9.32. The quantitative estimate of drug-likeness (QED) is 0.526. The third-order valence-electron chi connectivity index (χ3n) is 5.54. The smallest absolute Gasteiger partial charge is 0.412 e. The normalized spacial score (nSPS) is 20.7. The number of hydrogen-bond donors (Lipinski definition) is 1. The molecule has 1 aliphatic rings. The molecule has 6 nitrogen and oxygen atoms in total. The number of hydrogen-bond acceptors (Lipinski definition) is 4. The summed E-state index contributed by atoms with van der Waals surface area (Å²) in [5.41, 5.74) is 0.771. The first-order valence-corrected chi connectivity index (χ1v) is 11.7. The first-order chi connectivity index (χ1) is 15.0. The number of ether oxygens (including phenoxy) is 2. The molecule has 0 aromatic heterocycles. The molecular formula is C26H40N2O4. The minimum Gasteiger partial charge on any atom is -0.444 e. The zero-order chi connectivity index (χ0) is 23.9. The Balaban J connectivity index is 2.24. The molecule has 0 bridgehead atoms. The van der Waals surface area contributed by atoms with Crippen LogP contribution in [0, 0.1) is 11.8 Å². The third-order valence-corrected chi connectivity index (χ3v) is 5.54. The molecule has 0 saturated carbocycles. The second kappa shape index (κ2) is 11.5. The summed E-state index contributed by atoms with van der Waals surface area (Å²) < 4.78 is 12.0. The van der Waals surface area contributed by atoms with Crippen molar-refractivity contribution in [3.05, 3.63) is 47.5 Å². The summed E-state index contributed by atoms with van der Waals surface area (Å²) in [6, 6.07) is 9.42. The van der Waals surface area contributed by atoms with Crippen molar-refractivity contribution in [1.82, 2.24) is 10.2 Å². The number of rotatable bonds is 9. The predicted molar refractivity (Wildman–Crippen MR) is 127 cm³/mol. The fourth-order valence-electron chi connectivity index (χ4n) is 3.99. The molecule has 1 aromatic carbocycles. The zero-order valence-corrected chi connectivity index (χ0v) is 20.7. The van der Waals surface area contributed by atoms with Crippen molar-refractivity contribution in [2.24, 2.45) is 11.8 Å². The molecular weight excluding hydrogens is 404 g/mol. The molecule has 1 aliphatic heterocycles. The lowest BCUT2D eigenvalue weighted by Crippen LogP contribution is -2.49. The lowest BCUT2D eigenvalue weighted by Gasteiger charge is -2.33. The number of nitrogens with one attached hydrogen (secondary N) is 1. The summed E-state index contributed by atoms with van der Waals surface area (Å²) in [4.78, 5) is 27.6. The van der Waals surface area contributed by atoms with Crippen molar-refractivity contribution in [2.45, 2.75) is 85.8 Å². The largest absolute Gasteiger partial charge is 0.444 e. The van der Waals surface area contributed by atoms with Gasteiger partial charge >= 0.3 is 6.09 Å². The Labute approximate surface area is 193 Å². The van der Waals surface area contributed by atoms with Crippen LogP contribution >= 0.6 is 0 Å². The average Bonchev–Trinajstić information content (AvgIpc) is 2.97. The van der Waals surface area contributed by atoms with E-state index < -0.39 is 11.8 Å². The molecule has 2 unspecified atom stereocenters. The fourth-order valence-corrected chi connectivity index (χ4v) is 3.99. The van der Waals surface area contributed by atoms with Gasteiger partial charge in [0.15, 0.2) is 0 Å². The lowest BCUT2D eigenvalue weighted by atomic mass is 9.96. The van der Waals surface area contributed by atoms with Crippen molar-refractivity contribution in [3.8, 4) is 0 Å². The van der Waals surface area contributed by atoms with Gasteiger partial charge in [-0.3, -0.25) is 9.69 Å². The van der Waals surface area contributed by atoms with Crippen molar-refractivity contribution in [2.75, 3.05) is 6.54 Å². The number of amides is 2. The van der Waals surface area contributed by atoms with Crippen molar-refractivity contribution < 1.29 is 19.1 Å². The Bertz CT molecular complexity index is 786. The van der Waals surface area contributed by atoms with Gasteiger partial charge in [-0.05, 0) is 50.2 Å². The minimum atomic E-state index is -0.845. The molecule has 1 N–H and O–H groups in total. The van der Waals surface area contributed by atoms with Crippen LogP contribution in [0.25, 0.3) is 0 Å². The SMILES string of the molecule is CC/C(=C\C1OC(C)(C)N(C(=O)OCc2ccccc2)C1CC(C)C)C(=O)NCC(C)C. The van der Waals surface area contributed by atoms with Gasteiger partial charge in [-0.15, -0.1) is 0 Å². The number of carbonyl (C=O) groups is 2. The van der Waals surface area contributed by atoms with E-state index in [0.717, 1.165) is 12.0 Å². The van der Waals surface area contributed by atoms with Crippen molar-refractivity contribution in [3.63, 3.8) is 0 Å². The summed E-state index contributed by atoms with van der Waals surface area (Å²) in [6.07, 6.45) is 2.46. The van der Waals surface area contributed by atoms with Crippen LogP contribution in [0.15, 0.2) is 42.0 Å². The van der Waals surface area contributed by atoms with E-state index in [0.29, 0.717) is 30.4 Å². The zero-order valence-electron chi connectivity index (χ0n) is 20.7. The van der Waals surface area contributed by atoms with Crippen LogP contribution in [0.3, 0.4) is 0 Å². The summed E-state index contributed by atoms with van der Waals surface area (Å²) in [6.45, 7) is 14.9. The topological polar surface area (TPSA) is 67.9 Å². The van der Waals surface area contributed by atoms with Crippen LogP contribution in [-0.4, -0.2) is 41.3 Å². The first kappa shape index (κ1) is 25.9. The Hall–Kier alpha value is -2.34. The van der Waals surface area contributed by atoms with Crippen LogP contribution in [0.2, 0.25) is 0 Å². The first-order valence-electron chi connectivity index (χ1n) is 11.7. The van der Waals surface area contributed by atoms with Crippen LogP contribution in [0.4, 0.5) is 4.79 Å². The number of benzene rings is 1. The molecule has 178 valence electrons. The molecule has 0 aliphatic carbocycles. The molecule has 1 saturated heterocycles. The van der Waals surface area contributed by atoms with E-state index in [1.165, 1.54) is 0 Å². The second-order valence-electron chi connectivity index (χ2n) is 9.79. The van der Waals surface area contributed by atoms with E-state index >= 15 is 0 Å². The van der Waals surface area contributed by atoms with Gasteiger partial charge in [-0.1, -0.05) is 65.0 Å². The summed E-state index contributed by atoms with van der Waals surface area (Å²) in [7, 11) is 0. The summed E-state index contributed by atoms with van der Waals surface area (Å²) in [5, 5.41) is 2.99. The monoisotopic (exact) mass is 444 g/mol. The molecule has 0 spiro atoms. The summed E-state index contributed by atoms with van der Waals surface area (Å²) >= 11 is 0. The third kappa shape index (κ3) is 7.09. The molecule has 32 heavy (non-hydrogen) atoms. The van der Waals surface area contributed by atoms with Crippen LogP contribution in [0.5, 0.6) is 0 Å². The van der Waals surface area contributed by atoms with Gasteiger partial charge in [0.2, 0.25) is 5.91 Å². The maximum Gasteiger partial charge on any atom is 0.412 e. The molecule has 2 rings (SSSR count). The van der Waals surface area contributed by atoms with Gasteiger partial charge in [0.05, 0.1) is 12.1 Å². The van der Waals surface area contributed by atoms with Crippen LogP contribution in [-0.2, 0) is 20.9 Å². The van der Waals surface area contributed by atoms with Gasteiger partial charge in [0.1, 0.15) is 12.3 Å². The Morgan fingerprint density at radius 2 is 1.81 bits per heavy atom. The van der Waals surface area contributed by atoms with E-state index in [1.54, 1.807) is 4.90 Å². The van der Waals surface area contributed by atoms with E-state index in [1.807, 2.05) is 57.2 Å². The molecule has 2 amide bonds. The van der Waals surface area contributed by atoms with Crippen LogP contribution in [0.1, 0.15) is 66.9 Å². The maximum absolute atomic E-state index is 13.2. The standard InChI is InChI=1S/C26H40N2O4/c1-8-21(24(29)27-16-19(4)5)15-23-22(14-18(2)3)28(26(6,7)32-23)25(30)31-17-20-12-10-9-11-13-20/h9-13,15,18-19,22-23H,8,14,16-17H2,1-7H3,(H,27,29)/b21-15+. The highest BCUT2D eigenvalue weighted by Gasteiger charge is 2.50. The molecule has 6 heteroatoms.